The number of hydrogen-bond donors (Lipinski definition) is 2. The van der Waals surface area contributed by atoms with Crippen LogP contribution in [0.15, 0.2) is 16.9 Å². The van der Waals surface area contributed by atoms with Crippen LogP contribution in [0.4, 0.5) is 19.0 Å². The van der Waals surface area contributed by atoms with Gasteiger partial charge in [-0.2, -0.15) is 22.8 Å². The molecule has 0 fully saturated rings. The maximum Gasteiger partial charge on any atom is 0.453 e. The van der Waals surface area contributed by atoms with Crippen LogP contribution in [-0.2, 0) is 25.6 Å². The monoisotopic (exact) mass is 367 g/mol. The third-order valence-electron chi connectivity index (χ3n) is 3.93. The van der Waals surface area contributed by atoms with Crippen LogP contribution < -0.4 is 10.9 Å². The van der Waals surface area contributed by atoms with Gasteiger partial charge in [-0.05, 0) is 30.5 Å². The standard InChI is InChI=1S/C15H16F3N7O/c1-3-8-9(13(26)22-20-10(8)4-2)7-19-11-5-6-12-21-23-14(15(16,17)18)25(12)24-11/h5-6H,3-4,7H2,1-2H3,(H,19,24)(H,22,26). The number of halogens is 3. The fourth-order valence-corrected chi connectivity index (χ4v) is 2.70. The van der Waals surface area contributed by atoms with Gasteiger partial charge in [0.05, 0.1) is 5.69 Å². The van der Waals surface area contributed by atoms with Crippen molar-refractivity contribution in [3.8, 4) is 0 Å². The Hall–Kier alpha value is -2.98. The fourth-order valence-electron chi connectivity index (χ4n) is 2.70. The molecule has 3 aromatic heterocycles. The van der Waals surface area contributed by atoms with Crippen molar-refractivity contribution in [2.45, 2.75) is 39.4 Å². The molecule has 0 aliphatic heterocycles. The molecule has 0 amide bonds. The van der Waals surface area contributed by atoms with E-state index in [2.05, 4.69) is 30.8 Å². The molecule has 0 saturated heterocycles. The zero-order chi connectivity index (χ0) is 18.9. The lowest BCUT2D eigenvalue weighted by Crippen LogP contribution is -2.22. The Morgan fingerprint density at radius 2 is 1.92 bits per heavy atom. The van der Waals surface area contributed by atoms with E-state index in [9.17, 15) is 18.0 Å². The number of nitrogens with one attached hydrogen (secondary N) is 2. The van der Waals surface area contributed by atoms with Crippen LogP contribution in [0.3, 0.4) is 0 Å². The maximum absolute atomic E-state index is 12.9. The fraction of sp³-hybridized carbons (Fsp3) is 0.400. The summed E-state index contributed by atoms with van der Waals surface area (Å²) in [6.45, 7) is 3.95. The number of hydrogen-bond acceptors (Lipinski definition) is 6. The van der Waals surface area contributed by atoms with E-state index in [-0.39, 0.29) is 23.6 Å². The molecule has 0 aliphatic carbocycles. The van der Waals surface area contributed by atoms with Crippen LogP contribution in [0.25, 0.3) is 5.65 Å². The predicted molar refractivity (Wildman–Crippen MR) is 86.7 cm³/mol. The van der Waals surface area contributed by atoms with Crippen LogP contribution in [0.5, 0.6) is 0 Å². The summed E-state index contributed by atoms with van der Waals surface area (Å²) in [5.41, 5.74) is 1.73. The Balaban J connectivity index is 1.92. The summed E-state index contributed by atoms with van der Waals surface area (Å²) in [7, 11) is 0. The lowest BCUT2D eigenvalue weighted by Gasteiger charge is -2.12. The van der Waals surface area contributed by atoms with Gasteiger partial charge in [0, 0.05) is 12.1 Å². The van der Waals surface area contributed by atoms with Gasteiger partial charge in [0.15, 0.2) is 5.65 Å². The summed E-state index contributed by atoms with van der Waals surface area (Å²) < 4.78 is 39.4. The quantitative estimate of drug-likeness (QED) is 0.715. The molecule has 11 heteroatoms. The Kier molecular flexibility index (Phi) is 4.62. The first-order valence-corrected chi connectivity index (χ1v) is 7.98. The van der Waals surface area contributed by atoms with E-state index in [4.69, 9.17) is 0 Å². The summed E-state index contributed by atoms with van der Waals surface area (Å²) in [6, 6.07) is 2.85. The molecular weight excluding hydrogens is 351 g/mol. The van der Waals surface area contributed by atoms with Gasteiger partial charge >= 0.3 is 6.18 Å². The number of rotatable bonds is 5. The third-order valence-corrected chi connectivity index (χ3v) is 3.93. The molecule has 0 aromatic carbocycles. The van der Waals surface area contributed by atoms with E-state index in [0.717, 1.165) is 11.3 Å². The summed E-state index contributed by atoms with van der Waals surface area (Å²) in [6.07, 6.45) is -3.39. The normalized spacial score (nSPS) is 11.9. The minimum absolute atomic E-state index is 0.0212. The summed E-state index contributed by atoms with van der Waals surface area (Å²) in [5, 5.41) is 19.8. The molecule has 0 saturated carbocycles. The van der Waals surface area contributed by atoms with E-state index in [1.54, 1.807) is 0 Å². The zero-order valence-corrected chi connectivity index (χ0v) is 14.1. The van der Waals surface area contributed by atoms with Gasteiger partial charge < -0.3 is 5.32 Å². The van der Waals surface area contributed by atoms with Gasteiger partial charge in [0.25, 0.3) is 11.4 Å². The van der Waals surface area contributed by atoms with E-state index in [1.807, 2.05) is 13.8 Å². The number of fused-ring (bicyclic) bond motifs is 1. The van der Waals surface area contributed by atoms with Crippen LogP contribution in [0.1, 0.15) is 36.5 Å². The first kappa shape index (κ1) is 17.8. The van der Waals surface area contributed by atoms with Gasteiger partial charge in [-0.25, -0.2) is 5.10 Å². The number of aromatic nitrogens is 6. The number of alkyl halides is 3. The molecular formula is C15H16F3N7O. The summed E-state index contributed by atoms with van der Waals surface area (Å²) >= 11 is 0. The highest BCUT2D eigenvalue weighted by atomic mass is 19.4. The number of aromatic amines is 1. The molecule has 26 heavy (non-hydrogen) atoms. The second kappa shape index (κ2) is 6.73. The second-order valence-electron chi connectivity index (χ2n) is 5.53. The van der Waals surface area contributed by atoms with E-state index < -0.39 is 12.0 Å². The number of H-pyrrole nitrogens is 1. The smallest absolute Gasteiger partial charge is 0.364 e. The molecule has 0 spiro atoms. The molecule has 3 aromatic rings. The Labute approximate surface area is 145 Å². The largest absolute Gasteiger partial charge is 0.453 e. The van der Waals surface area contributed by atoms with E-state index in [0.29, 0.717) is 22.9 Å². The minimum Gasteiger partial charge on any atom is -0.364 e. The van der Waals surface area contributed by atoms with Gasteiger partial charge in [-0.3, -0.25) is 4.79 Å². The molecule has 0 aliphatic rings. The lowest BCUT2D eigenvalue weighted by atomic mass is 10.0. The van der Waals surface area contributed by atoms with Gasteiger partial charge in [0.1, 0.15) is 5.82 Å². The highest BCUT2D eigenvalue weighted by Gasteiger charge is 2.37. The Bertz CT molecular complexity index is 993. The molecule has 0 unspecified atom stereocenters. The maximum atomic E-state index is 12.9. The first-order chi connectivity index (χ1) is 12.3. The Morgan fingerprint density at radius 3 is 2.58 bits per heavy atom. The average Bonchev–Trinajstić information content (AvgIpc) is 3.03. The molecule has 8 nitrogen and oxygen atoms in total. The van der Waals surface area contributed by atoms with Gasteiger partial charge in [-0.1, -0.05) is 13.8 Å². The van der Waals surface area contributed by atoms with Crippen molar-refractivity contribution < 1.29 is 13.2 Å². The molecule has 0 atom stereocenters. The van der Waals surface area contributed by atoms with Crippen molar-refractivity contribution in [2.24, 2.45) is 0 Å². The molecule has 3 rings (SSSR count). The zero-order valence-electron chi connectivity index (χ0n) is 14.1. The number of anilines is 1. The van der Waals surface area contributed by atoms with Crippen LogP contribution in [-0.4, -0.2) is 30.0 Å². The molecule has 0 radical (unpaired) electrons. The molecule has 0 bridgehead atoms. The minimum atomic E-state index is -4.67. The highest BCUT2D eigenvalue weighted by Crippen LogP contribution is 2.27. The molecule has 2 N–H and O–H groups in total. The first-order valence-electron chi connectivity index (χ1n) is 7.98. The Morgan fingerprint density at radius 1 is 1.15 bits per heavy atom. The third kappa shape index (κ3) is 3.24. The van der Waals surface area contributed by atoms with Crippen LogP contribution in [0, 0.1) is 0 Å². The van der Waals surface area contributed by atoms with Crippen molar-refractivity contribution in [1.82, 2.24) is 30.0 Å². The molecule has 3 heterocycles. The average molecular weight is 367 g/mol. The SMILES string of the molecule is CCc1n[nH]c(=O)c(CNc2ccc3nnc(C(F)(F)F)n3n2)c1CC. The van der Waals surface area contributed by atoms with E-state index in [1.165, 1.54) is 12.1 Å². The van der Waals surface area contributed by atoms with Crippen molar-refractivity contribution in [3.05, 3.63) is 45.1 Å². The second-order valence-corrected chi connectivity index (χ2v) is 5.53. The topological polar surface area (TPSA) is 101 Å². The predicted octanol–water partition coefficient (Wildman–Crippen LogP) is 1.96. The van der Waals surface area contributed by atoms with Crippen LogP contribution >= 0.6 is 0 Å². The summed E-state index contributed by atoms with van der Waals surface area (Å²) in [5.74, 6) is -1.04. The van der Waals surface area contributed by atoms with Crippen LogP contribution in [0.2, 0.25) is 0 Å². The van der Waals surface area contributed by atoms with Crippen molar-refractivity contribution in [2.75, 3.05) is 5.32 Å². The van der Waals surface area contributed by atoms with Crippen molar-refractivity contribution >= 4 is 11.5 Å². The van der Waals surface area contributed by atoms with Crippen molar-refractivity contribution in [3.63, 3.8) is 0 Å². The van der Waals surface area contributed by atoms with E-state index >= 15 is 0 Å². The molecule has 138 valence electrons. The van der Waals surface area contributed by atoms with Gasteiger partial charge in [-0.15, -0.1) is 15.3 Å². The highest BCUT2D eigenvalue weighted by molar-refractivity contribution is 5.45. The summed E-state index contributed by atoms with van der Waals surface area (Å²) in [4.78, 5) is 12.1. The number of aryl methyl sites for hydroxylation is 1. The van der Waals surface area contributed by atoms with Crippen molar-refractivity contribution in [1.29, 1.82) is 0 Å². The lowest BCUT2D eigenvalue weighted by molar-refractivity contribution is -0.146. The van der Waals surface area contributed by atoms with Gasteiger partial charge in [0.2, 0.25) is 0 Å². The number of nitrogens with zero attached hydrogens (tertiary/aromatic N) is 5.